The zero-order chi connectivity index (χ0) is 23.3. The third-order valence-corrected chi connectivity index (χ3v) is 8.00. The monoisotopic (exact) mass is 464 g/mol. The first-order valence-electron chi connectivity index (χ1n) is 13.5. The molecule has 1 fully saturated rings. The second-order valence-electron chi connectivity index (χ2n) is 10.5. The SMILES string of the molecule is CCCCN(CC1C=CCCC1)CC1CCC2NC(C3C=CC(F)=CC3)=C(C3=CCNC=C3)N12. The van der Waals surface area contributed by atoms with Crippen LogP contribution in [-0.2, 0) is 0 Å². The molecule has 5 aliphatic rings. The van der Waals surface area contributed by atoms with Gasteiger partial charge in [0.05, 0.1) is 11.9 Å². The Hall–Kier alpha value is -2.27. The highest BCUT2D eigenvalue weighted by atomic mass is 19.1. The van der Waals surface area contributed by atoms with Gasteiger partial charge in [0.2, 0.25) is 0 Å². The average molecular weight is 465 g/mol. The van der Waals surface area contributed by atoms with Crippen molar-refractivity contribution in [3.8, 4) is 0 Å². The third-order valence-electron chi connectivity index (χ3n) is 8.00. The van der Waals surface area contributed by atoms with E-state index in [2.05, 4.69) is 57.9 Å². The Balaban J connectivity index is 1.39. The molecule has 0 aromatic carbocycles. The smallest absolute Gasteiger partial charge is 0.118 e. The van der Waals surface area contributed by atoms with Crippen LogP contribution in [0.15, 0.2) is 71.5 Å². The molecule has 5 heteroatoms. The van der Waals surface area contributed by atoms with Crippen molar-refractivity contribution >= 4 is 0 Å². The first-order chi connectivity index (χ1) is 16.7. The van der Waals surface area contributed by atoms with E-state index < -0.39 is 0 Å². The average Bonchev–Trinajstić information content (AvgIpc) is 3.44. The number of nitrogens with one attached hydrogen (secondary N) is 2. The van der Waals surface area contributed by atoms with Crippen LogP contribution >= 0.6 is 0 Å². The quantitative estimate of drug-likeness (QED) is 0.440. The Morgan fingerprint density at radius 3 is 2.79 bits per heavy atom. The van der Waals surface area contributed by atoms with E-state index in [4.69, 9.17) is 0 Å². The summed E-state index contributed by atoms with van der Waals surface area (Å²) >= 11 is 0. The van der Waals surface area contributed by atoms with Gasteiger partial charge in [-0.05, 0) is 87.4 Å². The Bertz CT molecular complexity index is 911. The van der Waals surface area contributed by atoms with Crippen molar-refractivity contribution in [1.29, 1.82) is 0 Å². The highest BCUT2D eigenvalue weighted by molar-refractivity contribution is 5.48. The van der Waals surface area contributed by atoms with Crippen LogP contribution in [0.1, 0.15) is 58.3 Å². The summed E-state index contributed by atoms with van der Waals surface area (Å²) in [6.07, 6.45) is 26.7. The molecule has 4 unspecified atom stereocenters. The number of halogens is 1. The lowest BCUT2D eigenvalue weighted by Gasteiger charge is -2.35. The number of dihydropyridines is 1. The van der Waals surface area contributed by atoms with Crippen LogP contribution in [0.5, 0.6) is 0 Å². The summed E-state index contributed by atoms with van der Waals surface area (Å²) in [4.78, 5) is 5.44. The minimum atomic E-state index is -0.112. The third kappa shape index (κ3) is 5.19. The molecule has 2 N–H and O–H groups in total. The van der Waals surface area contributed by atoms with Gasteiger partial charge in [0.1, 0.15) is 5.83 Å². The van der Waals surface area contributed by atoms with E-state index in [-0.39, 0.29) is 11.7 Å². The summed E-state index contributed by atoms with van der Waals surface area (Å²) in [5.74, 6) is 0.807. The van der Waals surface area contributed by atoms with Gasteiger partial charge in [0.15, 0.2) is 0 Å². The van der Waals surface area contributed by atoms with Crippen molar-refractivity contribution in [2.75, 3.05) is 26.2 Å². The number of allylic oxidation sites excluding steroid dienone is 6. The minimum Gasteiger partial charge on any atom is -0.387 e. The highest BCUT2D eigenvalue weighted by Crippen LogP contribution is 2.41. The summed E-state index contributed by atoms with van der Waals surface area (Å²) in [6, 6.07) is 0.512. The van der Waals surface area contributed by atoms with Gasteiger partial charge in [0, 0.05) is 37.3 Å². The highest BCUT2D eigenvalue weighted by Gasteiger charge is 2.43. The van der Waals surface area contributed by atoms with Crippen molar-refractivity contribution in [1.82, 2.24) is 20.4 Å². The number of hydrogen-bond acceptors (Lipinski definition) is 4. The van der Waals surface area contributed by atoms with Crippen LogP contribution in [0.4, 0.5) is 4.39 Å². The maximum absolute atomic E-state index is 13.7. The fraction of sp³-hybridized carbons (Fsp3) is 0.586. The van der Waals surface area contributed by atoms with E-state index in [1.165, 1.54) is 75.0 Å². The first kappa shape index (κ1) is 23.5. The molecule has 3 heterocycles. The number of rotatable bonds is 9. The molecule has 2 aliphatic carbocycles. The van der Waals surface area contributed by atoms with Crippen LogP contribution in [0.25, 0.3) is 0 Å². The van der Waals surface area contributed by atoms with Crippen LogP contribution in [0, 0.1) is 11.8 Å². The van der Waals surface area contributed by atoms with E-state index in [0.29, 0.717) is 18.1 Å². The molecular weight excluding hydrogens is 423 g/mol. The van der Waals surface area contributed by atoms with Crippen molar-refractivity contribution in [3.05, 3.63) is 71.5 Å². The molecule has 0 radical (unpaired) electrons. The fourth-order valence-corrected chi connectivity index (χ4v) is 6.26. The molecule has 4 atom stereocenters. The van der Waals surface area contributed by atoms with Gasteiger partial charge in [-0.1, -0.05) is 37.6 Å². The summed E-state index contributed by atoms with van der Waals surface area (Å²) in [6.45, 7) is 6.66. The molecule has 34 heavy (non-hydrogen) atoms. The van der Waals surface area contributed by atoms with Gasteiger partial charge >= 0.3 is 0 Å². The molecule has 0 spiro atoms. The summed E-state index contributed by atoms with van der Waals surface area (Å²) in [5.41, 5.74) is 3.93. The topological polar surface area (TPSA) is 30.5 Å². The summed E-state index contributed by atoms with van der Waals surface area (Å²) in [7, 11) is 0. The lowest BCUT2D eigenvalue weighted by molar-refractivity contribution is 0.165. The second-order valence-corrected chi connectivity index (χ2v) is 10.5. The Morgan fingerprint density at radius 1 is 1.12 bits per heavy atom. The molecule has 0 aromatic heterocycles. The first-order valence-corrected chi connectivity index (χ1v) is 13.5. The van der Waals surface area contributed by atoms with E-state index in [1.54, 1.807) is 12.2 Å². The summed E-state index contributed by atoms with van der Waals surface area (Å²) < 4.78 is 13.7. The van der Waals surface area contributed by atoms with Crippen LogP contribution in [0.3, 0.4) is 0 Å². The molecule has 5 rings (SSSR count). The lowest BCUT2D eigenvalue weighted by atomic mass is 9.93. The molecule has 1 saturated heterocycles. The van der Waals surface area contributed by atoms with Crippen LogP contribution in [0.2, 0.25) is 0 Å². The van der Waals surface area contributed by atoms with Gasteiger partial charge < -0.3 is 20.4 Å². The number of unbranched alkanes of at least 4 members (excludes halogenated alkanes) is 1. The van der Waals surface area contributed by atoms with Crippen LogP contribution in [-0.4, -0.2) is 48.2 Å². The number of hydrogen-bond donors (Lipinski definition) is 2. The van der Waals surface area contributed by atoms with E-state index in [9.17, 15) is 4.39 Å². The van der Waals surface area contributed by atoms with Gasteiger partial charge in [0.25, 0.3) is 0 Å². The largest absolute Gasteiger partial charge is 0.387 e. The van der Waals surface area contributed by atoms with Crippen molar-refractivity contribution < 1.29 is 4.39 Å². The van der Waals surface area contributed by atoms with Gasteiger partial charge in [-0.3, -0.25) is 0 Å². The molecule has 0 bridgehead atoms. The zero-order valence-corrected chi connectivity index (χ0v) is 20.7. The Kier molecular flexibility index (Phi) is 7.58. The van der Waals surface area contributed by atoms with Gasteiger partial charge in [-0.2, -0.15) is 0 Å². The minimum absolute atomic E-state index is 0.112. The standard InChI is InChI=1S/C29H41FN4/c1-2-3-19-33(20-22-7-5-4-6-8-22)21-26-13-14-27-32-28(23-9-11-25(30)12-10-23)29(34(26)27)24-15-17-31-18-16-24/h5,7,9,11-12,15-17,22-23,26-27,31-32H,2-4,6,8,10,13-14,18-21H2,1H3. The normalized spacial score (nSPS) is 30.4. The van der Waals surface area contributed by atoms with Crippen LogP contribution < -0.4 is 10.6 Å². The molecule has 184 valence electrons. The summed E-state index contributed by atoms with van der Waals surface area (Å²) in [5, 5.41) is 7.19. The van der Waals surface area contributed by atoms with Crippen molar-refractivity contribution in [3.63, 3.8) is 0 Å². The zero-order valence-electron chi connectivity index (χ0n) is 20.7. The molecular formula is C29H41FN4. The van der Waals surface area contributed by atoms with Gasteiger partial charge in [-0.15, -0.1) is 0 Å². The lowest BCUT2D eigenvalue weighted by Crippen LogP contribution is -2.44. The molecule has 0 saturated carbocycles. The van der Waals surface area contributed by atoms with E-state index in [0.717, 1.165) is 19.5 Å². The second kappa shape index (κ2) is 11.0. The number of nitrogens with zero attached hydrogens (tertiary/aromatic N) is 2. The Labute approximate surface area is 205 Å². The molecule has 0 aromatic rings. The Morgan fingerprint density at radius 2 is 2.06 bits per heavy atom. The molecule has 0 amide bonds. The molecule has 4 nitrogen and oxygen atoms in total. The van der Waals surface area contributed by atoms with Crippen molar-refractivity contribution in [2.24, 2.45) is 11.8 Å². The number of fused-ring (bicyclic) bond motifs is 1. The predicted octanol–water partition coefficient (Wildman–Crippen LogP) is 5.52. The van der Waals surface area contributed by atoms with Crippen molar-refractivity contribution in [2.45, 2.75) is 70.5 Å². The molecule has 3 aliphatic heterocycles. The maximum Gasteiger partial charge on any atom is 0.118 e. The fourth-order valence-electron chi connectivity index (χ4n) is 6.26. The van der Waals surface area contributed by atoms with E-state index in [1.807, 2.05) is 6.08 Å². The van der Waals surface area contributed by atoms with Gasteiger partial charge in [-0.25, -0.2) is 4.39 Å². The predicted molar refractivity (Wildman–Crippen MR) is 138 cm³/mol. The van der Waals surface area contributed by atoms with E-state index >= 15 is 0 Å². The maximum atomic E-state index is 13.7.